The Morgan fingerprint density at radius 2 is 1.96 bits per heavy atom. The average Bonchev–Trinajstić information content (AvgIpc) is 3.02. The van der Waals surface area contributed by atoms with Gasteiger partial charge >= 0.3 is 5.97 Å². The maximum absolute atomic E-state index is 11.7. The van der Waals surface area contributed by atoms with E-state index in [0.29, 0.717) is 17.9 Å². The standard InChI is InChI=1S/C17H26N2O7S/c1-17(2,10-20)15(24)16(25)19-6-5-12(21)18-7-8-27-14(23)9-11-3-4-13(22)26-11/h9,15,20,24H,3-8,10H2,1-2H3,(H,18,21)(H,19,25)/b11-9+/t15-/m0/s1. The SMILES string of the molecule is CC(C)(CO)[C@@H](O)C(=O)NCCC(=O)NCCSC(=O)/C=C1\CCC(=O)O1. The summed E-state index contributed by atoms with van der Waals surface area (Å²) in [5.41, 5.74) is -0.970. The normalized spacial score (nSPS) is 16.7. The Morgan fingerprint density at radius 3 is 2.56 bits per heavy atom. The minimum Gasteiger partial charge on any atom is -0.431 e. The molecule has 0 aromatic heterocycles. The topological polar surface area (TPSA) is 142 Å². The summed E-state index contributed by atoms with van der Waals surface area (Å²) in [5.74, 6) is -0.571. The van der Waals surface area contributed by atoms with Crippen molar-refractivity contribution in [2.45, 2.75) is 39.2 Å². The van der Waals surface area contributed by atoms with Crippen molar-refractivity contribution in [1.29, 1.82) is 0 Å². The summed E-state index contributed by atoms with van der Waals surface area (Å²) < 4.78 is 4.84. The van der Waals surface area contributed by atoms with E-state index in [9.17, 15) is 24.3 Å². The number of aliphatic hydroxyl groups excluding tert-OH is 2. The number of esters is 1. The van der Waals surface area contributed by atoms with Gasteiger partial charge in [-0.3, -0.25) is 19.2 Å². The minimum absolute atomic E-state index is 0.0244. The third kappa shape index (κ3) is 8.55. The Labute approximate surface area is 161 Å². The van der Waals surface area contributed by atoms with Gasteiger partial charge in [-0.05, 0) is 0 Å². The van der Waals surface area contributed by atoms with Gasteiger partial charge < -0.3 is 25.6 Å². The van der Waals surface area contributed by atoms with Gasteiger partial charge in [-0.25, -0.2) is 0 Å². The number of hydrogen-bond acceptors (Lipinski definition) is 8. The number of aliphatic hydroxyl groups is 2. The molecule has 0 unspecified atom stereocenters. The Kier molecular flexibility index (Phi) is 9.47. The van der Waals surface area contributed by atoms with Gasteiger partial charge in [-0.1, -0.05) is 25.6 Å². The largest absolute Gasteiger partial charge is 0.431 e. The van der Waals surface area contributed by atoms with E-state index in [-0.39, 0.29) is 49.5 Å². The number of carbonyl (C=O) groups excluding carboxylic acids is 4. The van der Waals surface area contributed by atoms with Crippen molar-refractivity contribution in [2.75, 3.05) is 25.4 Å². The van der Waals surface area contributed by atoms with Crippen LogP contribution < -0.4 is 10.6 Å². The van der Waals surface area contributed by atoms with Gasteiger partial charge in [0.15, 0.2) is 0 Å². The second kappa shape index (κ2) is 11.1. The first-order valence-corrected chi connectivity index (χ1v) is 9.55. The zero-order valence-electron chi connectivity index (χ0n) is 15.4. The predicted octanol–water partition coefficient (Wildman–Crippen LogP) is -0.531. The highest BCUT2D eigenvalue weighted by Gasteiger charge is 2.32. The number of hydrogen-bond donors (Lipinski definition) is 4. The molecule has 1 aliphatic heterocycles. The van der Waals surface area contributed by atoms with Gasteiger partial charge in [0.25, 0.3) is 0 Å². The molecular weight excluding hydrogens is 376 g/mol. The number of carbonyl (C=O) groups is 4. The van der Waals surface area contributed by atoms with Crippen molar-refractivity contribution < 1.29 is 34.1 Å². The summed E-state index contributed by atoms with van der Waals surface area (Å²) in [6.07, 6.45) is 0.645. The number of cyclic esters (lactones) is 1. The fraction of sp³-hybridized carbons (Fsp3) is 0.647. The van der Waals surface area contributed by atoms with Crippen molar-refractivity contribution in [1.82, 2.24) is 10.6 Å². The monoisotopic (exact) mass is 402 g/mol. The van der Waals surface area contributed by atoms with Crippen LogP contribution in [0.2, 0.25) is 0 Å². The number of amides is 2. The van der Waals surface area contributed by atoms with Crippen LogP contribution in [0.4, 0.5) is 0 Å². The molecule has 0 bridgehead atoms. The first-order valence-electron chi connectivity index (χ1n) is 8.57. The lowest BCUT2D eigenvalue weighted by atomic mass is 9.87. The third-order valence-corrected chi connectivity index (χ3v) is 4.63. The highest BCUT2D eigenvalue weighted by molar-refractivity contribution is 8.14. The van der Waals surface area contributed by atoms with E-state index >= 15 is 0 Å². The van der Waals surface area contributed by atoms with Crippen molar-refractivity contribution in [3.63, 3.8) is 0 Å². The van der Waals surface area contributed by atoms with Crippen LogP contribution in [0.3, 0.4) is 0 Å². The maximum atomic E-state index is 11.7. The first-order chi connectivity index (χ1) is 12.7. The summed E-state index contributed by atoms with van der Waals surface area (Å²) in [4.78, 5) is 46.0. The molecule has 0 aromatic carbocycles. The zero-order chi connectivity index (χ0) is 20.4. The molecule has 1 heterocycles. The minimum atomic E-state index is -1.37. The number of rotatable bonds is 10. The van der Waals surface area contributed by atoms with Crippen molar-refractivity contribution in [2.24, 2.45) is 5.41 Å². The smallest absolute Gasteiger partial charge is 0.311 e. The predicted molar refractivity (Wildman–Crippen MR) is 98.4 cm³/mol. The van der Waals surface area contributed by atoms with Crippen LogP contribution >= 0.6 is 11.8 Å². The molecule has 1 fully saturated rings. The molecule has 1 aliphatic rings. The van der Waals surface area contributed by atoms with E-state index in [0.717, 1.165) is 11.8 Å². The van der Waals surface area contributed by atoms with Crippen LogP contribution in [0.1, 0.15) is 33.1 Å². The van der Waals surface area contributed by atoms with Crippen molar-refractivity contribution in [3.05, 3.63) is 11.8 Å². The van der Waals surface area contributed by atoms with Crippen molar-refractivity contribution in [3.8, 4) is 0 Å². The molecule has 10 heteroatoms. The molecule has 0 aliphatic carbocycles. The molecule has 152 valence electrons. The molecule has 0 spiro atoms. The summed E-state index contributed by atoms with van der Waals surface area (Å²) in [6.45, 7) is 3.07. The first kappa shape index (κ1) is 23.1. The van der Waals surface area contributed by atoms with Gasteiger partial charge in [0.2, 0.25) is 16.9 Å². The lowest BCUT2D eigenvalue weighted by Gasteiger charge is -2.27. The second-order valence-corrected chi connectivity index (χ2v) is 7.79. The fourth-order valence-corrected chi connectivity index (χ4v) is 2.64. The van der Waals surface area contributed by atoms with Crippen LogP contribution in [0.15, 0.2) is 11.8 Å². The molecule has 2 amide bonds. The second-order valence-electron chi connectivity index (χ2n) is 6.69. The summed E-state index contributed by atoms with van der Waals surface area (Å²) >= 11 is 0.997. The molecule has 9 nitrogen and oxygen atoms in total. The van der Waals surface area contributed by atoms with Crippen LogP contribution in [0.5, 0.6) is 0 Å². The van der Waals surface area contributed by atoms with Crippen LogP contribution in [0.25, 0.3) is 0 Å². The zero-order valence-corrected chi connectivity index (χ0v) is 16.3. The van der Waals surface area contributed by atoms with Gasteiger partial charge in [0.1, 0.15) is 11.9 Å². The Bertz CT molecular complexity index is 604. The maximum Gasteiger partial charge on any atom is 0.311 e. The van der Waals surface area contributed by atoms with Gasteiger partial charge in [0, 0.05) is 43.2 Å². The van der Waals surface area contributed by atoms with E-state index in [1.165, 1.54) is 6.08 Å². The summed E-state index contributed by atoms with van der Waals surface area (Å²) in [7, 11) is 0. The summed E-state index contributed by atoms with van der Waals surface area (Å²) in [5, 5.41) is 23.7. The van der Waals surface area contributed by atoms with E-state index in [1.54, 1.807) is 13.8 Å². The van der Waals surface area contributed by atoms with Gasteiger partial charge in [0.05, 0.1) is 13.0 Å². The molecule has 1 atom stereocenters. The number of nitrogens with one attached hydrogen (secondary N) is 2. The Hall–Kier alpha value is -1.91. The Morgan fingerprint density at radius 1 is 1.26 bits per heavy atom. The number of thioether (sulfide) groups is 1. The highest BCUT2D eigenvalue weighted by Crippen LogP contribution is 2.20. The fourth-order valence-electron chi connectivity index (χ4n) is 2.02. The molecule has 1 rings (SSSR count). The summed E-state index contributed by atoms with van der Waals surface area (Å²) in [6, 6.07) is 0. The molecule has 0 saturated carbocycles. The quantitative estimate of drug-likeness (QED) is 0.217. The van der Waals surface area contributed by atoms with Crippen molar-refractivity contribution >= 4 is 34.7 Å². The third-order valence-electron chi connectivity index (χ3n) is 3.82. The molecular formula is C17H26N2O7S. The Balaban J connectivity index is 2.14. The van der Waals surface area contributed by atoms with Crippen LogP contribution in [-0.4, -0.2) is 64.7 Å². The van der Waals surface area contributed by atoms with Crippen LogP contribution in [-0.2, 0) is 23.9 Å². The van der Waals surface area contributed by atoms with E-state index in [1.807, 2.05) is 0 Å². The molecule has 4 N–H and O–H groups in total. The molecule has 0 radical (unpaired) electrons. The highest BCUT2D eigenvalue weighted by atomic mass is 32.2. The number of ether oxygens (including phenoxy) is 1. The average molecular weight is 402 g/mol. The molecule has 1 saturated heterocycles. The van der Waals surface area contributed by atoms with Gasteiger partial charge in [-0.15, -0.1) is 0 Å². The van der Waals surface area contributed by atoms with E-state index in [2.05, 4.69) is 10.6 Å². The number of allylic oxidation sites excluding steroid dienone is 1. The lowest BCUT2D eigenvalue weighted by molar-refractivity contribution is -0.137. The van der Waals surface area contributed by atoms with Gasteiger partial charge in [-0.2, -0.15) is 0 Å². The van der Waals surface area contributed by atoms with E-state index in [4.69, 9.17) is 9.84 Å². The lowest BCUT2D eigenvalue weighted by Crippen LogP contribution is -2.46. The molecule has 0 aromatic rings. The van der Waals surface area contributed by atoms with Crippen LogP contribution in [0, 0.1) is 5.41 Å². The molecule has 27 heavy (non-hydrogen) atoms. The van der Waals surface area contributed by atoms with E-state index < -0.39 is 17.4 Å².